The molecule has 0 aliphatic carbocycles. The molecular formula is C18H21FN6O2. The maximum atomic E-state index is 13.1. The summed E-state index contributed by atoms with van der Waals surface area (Å²) in [5.41, 5.74) is 2.74. The van der Waals surface area contributed by atoms with Crippen LogP contribution in [0.2, 0.25) is 0 Å². The molecule has 8 nitrogen and oxygen atoms in total. The largest absolute Gasteiger partial charge is 0.406 e. The van der Waals surface area contributed by atoms with Crippen molar-refractivity contribution in [2.45, 2.75) is 12.8 Å². The number of anilines is 1. The van der Waals surface area contributed by atoms with E-state index in [1.807, 2.05) is 25.1 Å². The van der Waals surface area contributed by atoms with Crippen LogP contribution >= 0.6 is 0 Å². The molecule has 0 unspecified atom stereocenters. The van der Waals surface area contributed by atoms with Gasteiger partial charge in [0.2, 0.25) is 12.1 Å². The Morgan fingerprint density at radius 3 is 2.63 bits per heavy atom. The Morgan fingerprint density at radius 1 is 1.26 bits per heavy atom. The van der Waals surface area contributed by atoms with Crippen molar-refractivity contribution in [3.63, 3.8) is 0 Å². The van der Waals surface area contributed by atoms with Gasteiger partial charge in [-0.15, -0.1) is 0 Å². The van der Waals surface area contributed by atoms with E-state index in [4.69, 9.17) is 0 Å². The molecule has 2 aromatic heterocycles. The van der Waals surface area contributed by atoms with Crippen LogP contribution < -0.4 is 4.90 Å². The van der Waals surface area contributed by atoms with E-state index in [2.05, 4.69) is 10.1 Å². The van der Waals surface area contributed by atoms with Crippen LogP contribution in [0, 0.1) is 15.9 Å². The third-order valence-corrected chi connectivity index (χ3v) is 4.42. The lowest BCUT2D eigenvalue weighted by Gasteiger charge is -2.17. The van der Waals surface area contributed by atoms with E-state index in [9.17, 15) is 14.5 Å². The summed E-state index contributed by atoms with van der Waals surface area (Å²) in [6.07, 6.45) is 2.95. The molecule has 1 aromatic carbocycles. The summed E-state index contributed by atoms with van der Waals surface area (Å²) in [4.78, 5) is 16.3. The predicted octanol–water partition coefficient (Wildman–Crippen LogP) is 2.94. The van der Waals surface area contributed by atoms with Gasteiger partial charge in [0.15, 0.2) is 0 Å². The molecule has 27 heavy (non-hydrogen) atoms. The van der Waals surface area contributed by atoms with Crippen LogP contribution in [0.3, 0.4) is 0 Å². The summed E-state index contributed by atoms with van der Waals surface area (Å²) in [7, 11) is 5.40. The minimum atomic E-state index is -0.473. The van der Waals surface area contributed by atoms with Crippen LogP contribution in [0.5, 0.6) is 0 Å². The average molecular weight is 372 g/mol. The molecule has 0 atom stereocenters. The SMILES string of the molecule is CN(CCCc1cc(-c2ccc(F)cc2)n(C)n1)c1c([N+](=O)[O-])ncn1C. The number of halogens is 1. The smallest absolute Gasteiger partial charge is 0.358 e. The summed E-state index contributed by atoms with van der Waals surface area (Å²) in [5, 5.41) is 15.6. The Morgan fingerprint density at radius 2 is 1.96 bits per heavy atom. The van der Waals surface area contributed by atoms with Crippen LogP contribution in [0.25, 0.3) is 11.3 Å². The summed E-state index contributed by atoms with van der Waals surface area (Å²) in [6.45, 7) is 0.628. The standard InChI is InChI=1S/C18H21FN6O2/c1-22(18-17(25(26)27)20-12-23(18)2)10-4-5-15-11-16(24(3)21-15)13-6-8-14(19)9-7-13/h6-9,11-12H,4-5,10H2,1-3H3. The van der Waals surface area contributed by atoms with Crippen molar-refractivity contribution in [1.29, 1.82) is 0 Å². The highest BCUT2D eigenvalue weighted by Crippen LogP contribution is 2.25. The second-order valence-electron chi connectivity index (χ2n) is 6.44. The number of hydrogen-bond donors (Lipinski definition) is 0. The van der Waals surface area contributed by atoms with Gasteiger partial charge in [-0.3, -0.25) is 9.25 Å². The van der Waals surface area contributed by atoms with Gasteiger partial charge in [-0.1, -0.05) is 0 Å². The zero-order valence-electron chi connectivity index (χ0n) is 15.5. The fraction of sp³-hybridized carbons (Fsp3) is 0.333. The van der Waals surface area contributed by atoms with Crippen molar-refractivity contribution in [2.24, 2.45) is 14.1 Å². The lowest BCUT2D eigenvalue weighted by atomic mass is 10.1. The first-order valence-electron chi connectivity index (χ1n) is 8.52. The molecule has 3 rings (SSSR count). The van der Waals surface area contributed by atoms with Crippen LogP contribution in [-0.2, 0) is 20.5 Å². The van der Waals surface area contributed by atoms with Gasteiger partial charge in [0, 0.05) is 27.7 Å². The van der Waals surface area contributed by atoms with Crippen LogP contribution in [-0.4, -0.2) is 37.8 Å². The van der Waals surface area contributed by atoms with Gasteiger partial charge < -0.3 is 15.0 Å². The number of imidazole rings is 1. The molecule has 9 heteroatoms. The third kappa shape index (κ3) is 3.97. The fourth-order valence-corrected chi connectivity index (χ4v) is 3.12. The van der Waals surface area contributed by atoms with E-state index in [1.165, 1.54) is 18.5 Å². The van der Waals surface area contributed by atoms with Crippen molar-refractivity contribution < 1.29 is 9.31 Å². The third-order valence-electron chi connectivity index (χ3n) is 4.42. The highest BCUT2D eigenvalue weighted by molar-refractivity contribution is 5.60. The van der Waals surface area contributed by atoms with Crippen LogP contribution in [0.4, 0.5) is 16.0 Å². The summed E-state index contributed by atoms with van der Waals surface area (Å²) in [5.74, 6) is 0.0675. The monoisotopic (exact) mass is 372 g/mol. The number of nitrogens with zero attached hydrogens (tertiary/aromatic N) is 6. The van der Waals surface area contributed by atoms with Crippen LogP contribution in [0.1, 0.15) is 12.1 Å². The molecule has 142 valence electrons. The summed E-state index contributed by atoms with van der Waals surface area (Å²) >= 11 is 0. The average Bonchev–Trinajstić information content (AvgIpc) is 3.18. The molecule has 0 aliphatic rings. The molecule has 0 fully saturated rings. The molecule has 0 bridgehead atoms. The van der Waals surface area contributed by atoms with Gasteiger partial charge in [0.25, 0.3) is 0 Å². The number of aromatic nitrogens is 4. The van der Waals surface area contributed by atoms with E-state index in [0.29, 0.717) is 12.4 Å². The van der Waals surface area contributed by atoms with E-state index in [0.717, 1.165) is 29.8 Å². The normalized spacial score (nSPS) is 11.0. The lowest BCUT2D eigenvalue weighted by Crippen LogP contribution is -2.22. The maximum Gasteiger partial charge on any atom is 0.406 e. The number of nitro groups is 1. The molecule has 2 heterocycles. The van der Waals surface area contributed by atoms with Gasteiger partial charge in [0.1, 0.15) is 5.82 Å². The Labute approximate surface area is 156 Å². The Bertz CT molecular complexity index is 947. The minimum absolute atomic E-state index is 0.142. The molecule has 0 amide bonds. The van der Waals surface area contributed by atoms with Crippen LogP contribution in [0.15, 0.2) is 36.7 Å². The zero-order valence-corrected chi connectivity index (χ0v) is 15.5. The number of rotatable bonds is 7. The molecule has 0 spiro atoms. The maximum absolute atomic E-state index is 13.1. The summed E-state index contributed by atoms with van der Waals surface area (Å²) in [6, 6.07) is 8.30. The Balaban J connectivity index is 1.64. The molecule has 0 aliphatic heterocycles. The molecule has 0 saturated heterocycles. The van der Waals surface area contributed by atoms with Crippen molar-refractivity contribution in [2.75, 3.05) is 18.5 Å². The summed E-state index contributed by atoms with van der Waals surface area (Å²) < 4.78 is 16.5. The quantitative estimate of drug-likeness (QED) is 0.470. The highest BCUT2D eigenvalue weighted by atomic mass is 19.1. The fourth-order valence-electron chi connectivity index (χ4n) is 3.12. The van der Waals surface area contributed by atoms with Gasteiger partial charge in [-0.2, -0.15) is 5.10 Å². The van der Waals surface area contributed by atoms with Crippen molar-refractivity contribution in [1.82, 2.24) is 19.3 Å². The van der Waals surface area contributed by atoms with Crippen molar-refractivity contribution in [3.8, 4) is 11.3 Å². The predicted molar refractivity (Wildman–Crippen MR) is 100 cm³/mol. The number of aryl methyl sites for hydroxylation is 3. The van der Waals surface area contributed by atoms with E-state index >= 15 is 0 Å². The molecular weight excluding hydrogens is 351 g/mol. The first kappa shape index (κ1) is 18.6. The minimum Gasteiger partial charge on any atom is -0.358 e. The molecule has 0 N–H and O–H groups in total. The zero-order chi connectivity index (χ0) is 19.6. The second kappa shape index (κ2) is 7.56. The van der Waals surface area contributed by atoms with Gasteiger partial charge in [-0.05, 0) is 58.6 Å². The number of hydrogen-bond acceptors (Lipinski definition) is 5. The Kier molecular flexibility index (Phi) is 5.20. The van der Waals surface area contributed by atoms with Gasteiger partial charge in [-0.25, -0.2) is 4.39 Å². The van der Waals surface area contributed by atoms with Gasteiger partial charge >= 0.3 is 5.82 Å². The van der Waals surface area contributed by atoms with Crippen molar-refractivity contribution in [3.05, 3.63) is 58.3 Å². The first-order chi connectivity index (χ1) is 12.9. The molecule has 0 radical (unpaired) electrons. The topological polar surface area (TPSA) is 82.0 Å². The van der Waals surface area contributed by atoms with Gasteiger partial charge in [0.05, 0.1) is 11.4 Å². The van der Waals surface area contributed by atoms with E-state index in [-0.39, 0.29) is 11.6 Å². The Hall–Kier alpha value is -3.23. The highest BCUT2D eigenvalue weighted by Gasteiger charge is 2.23. The number of benzene rings is 1. The van der Waals surface area contributed by atoms with E-state index in [1.54, 1.807) is 28.4 Å². The van der Waals surface area contributed by atoms with E-state index < -0.39 is 4.92 Å². The molecule has 3 aromatic rings. The first-order valence-corrected chi connectivity index (χ1v) is 8.52. The second-order valence-corrected chi connectivity index (χ2v) is 6.44. The molecule has 0 saturated carbocycles. The van der Waals surface area contributed by atoms with Crippen molar-refractivity contribution >= 4 is 11.6 Å². The lowest BCUT2D eigenvalue weighted by molar-refractivity contribution is -0.388.